The van der Waals surface area contributed by atoms with Gasteiger partial charge in [-0.05, 0) is 67.4 Å². The Labute approximate surface area is 176 Å². The Hall–Kier alpha value is -3.60. The van der Waals surface area contributed by atoms with Crippen molar-refractivity contribution < 1.29 is 19.1 Å². The predicted molar refractivity (Wildman–Crippen MR) is 116 cm³/mol. The van der Waals surface area contributed by atoms with E-state index in [-0.39, 0.29) is 11.9 Å². The summed E-state index contributed by atoms with van der Waals surface area (Å²) in [6.45, 7) is 4.96. The van der Waals surface area contributed by atoms with Crippen LogP contribution in [0.4, 0.5) is 0 Å². The summed E-state index contributed by atoms with van der Waals surface area (Å²) in [7, 11) is 1.35. The molecular weight excluding hydrogens is 378 g/mol. The van der Waals surface area contributed by atoms with Crippen molar-refractivity contribution >= 4 is 11.9 Å². The fraction of sp³-hybridized carbons (Fsp3) is 0.200. The van der Waals surface area contributed by atoms with Gasteiger partial charge in [-0.25, -0.2) is 4.79 Å². The van der Waals surface area contributed by atoms with Gasteiger partial charge in [-0.2, -0.15) is 0 Å². The molecule has 0 unspecified atom stereocenters. The number of hydrogen-bond acceptors (Lipinski definition) is 4. The highest BCUT2D eigenvalue weighted by Crippen LogP contribution is 2.25. The van der Waals surface area contributed by atoms with E-state index >= 15 is 0 Å². The van der Waals surface area contributed by atoms with Crippen molar-refractivity contribution in [3.05, 3.63) is 95.1 Å². The van der Waals surface area contributed by atoms with Crippen LogP contribution in [-0.4, -0.2) is 30.4 Å². The topological polar surface area (TPSA) is 55.8 Å². The lowest BCUT2D eigenvalue weighted by molar-refractivity contribution is 0.0600. The first-order chi connectivity index (χ1) is 14.5. The minimum Gasteiger partial charge on any atom is -0.465 e. The zero-order valence-electron chi connectivity index (χ0n) is 17.4. The molecule has 5 nitrogen and oxygen atoms in total. The highest BCUT2D eigenvalue weighted by molar-refractivity contribution is 5.94. The first-order valence-corrected chi connectivity index (χ1v) is 9.82. The summed E-state index contributed by atoms with van der Waals surface area (Å²) in [4.78, 5) is 26.3. The average molecular weight is 403 g/mol. The number of rotatable bonds is 7. The molecule has 1 amide bonds. The molecule has 0 bridgehead atoms. The number of amides is 1. The molecule has 154 valence electrons. The fourth-order valence-electron chi connectivity index (χ4n) is 3.06. The van der Waals surface area contributed by atoms with E-state index in [0.717, 1.165) is 16.9 Å². The Morgan fingerprint density at radius 1 is 0.867 bits per heavy atom. The van der Waals surface area contributed by atoms with Gasteiger partial charge in [0.25, 0.3) is 5.91 Å². The summed E-state index contributed by atoms with van der Waals surface area (Å²) in [5.41, 5.74) is 3.07. The molecule has 0 aromatic heterocycles. The van der Waals surface area contributed by atoms with E-state index in [4.69, 9.17) is 9.47 Å². The monoisotopic (exact) mass is 403 g/mol. The van der Waals surface area contributed by atoms with Crippen LogP contribution in [-0.2, 0) is 11.3 Å². The molecule has 0 aliphatic heterocycles. The van der Waals surface area contributed by atoms with E-state index in [2.05, 4.69) is 0 Å². The van der Waals surface area contributed by atoms with E-state index in [9.17, 15) is 9.59 Å². The van der Waals surface area contributed by atoms with Crippen molar-refractivity contribution in [3.63, 3.8) is 0 Å². The zero-order valence-corrected chi connectivity index (χ0v) is 17.4. The molecule has 5 heteroatoms. The molecular formula is C25H25NO4. The van der Waals surface area contributed by atoms with Crippen LogP contribution in [0.25, 0.3) is 0 Å². The fourth-order valence-corrected chi connectivity index (χ4v) is 3.06. The van der Waals surface area contributed by atoms with Crippen LogP contribution in [0.1, 0.15) is 38.8 Å². The highest BCUT2D eigenvalue weighted by atomic mass is 16.5. The first-order valence-electron chi connectivity index (χ1n) is 9.82. The number of aryl methyl sites for hydroxylation is 1. The smallest absolute Gasteiger partial charge is 0.337 e. The standard InChI is InChI=1S/C25H25NO4/c1-4-26(17-19-9-11-21(12-10-19)25(28)29-3)24(27)20-13-15-22(16-14-20)30-23-8-6-5-7-18(23)2/h5-16H,4,17H2,1-3H3. The van der Waals surface area contributed by atoms with Gasteiger partial charge in [-0.1, -0.05) is 30.3 Å². The van der Waals surface area contributed by atoms with Gasteiger partial charge >= 0.3 is 5.97 Å². The number of benzene rings is 3. The second kappa shape index (κ2) is 9.74. The molecule has 3 rings (SSSR count). The normalized spacial score (nSPS) is 10.4. The third kappa shape index (κ3) is 5.06. The molecule has 0 saturated carbocycles. The summed E-state index contributed by atoms with van der Waals surface area (Å²) in [5, 5.41) is 0. The number of carbonyl (C=O) groups is 2. The van der Waals surface area contributed by atoms with Crippen LogP contribution in [0.2, 0.25) is 0 Å². The third-order valence-electron chi connectivity index (χ3n) is 4.84. The van der Waals surface area contributed by atoms with Crippen LogP contribution >= 0.6 is 0 Å². The van der Waals surface area contributed by atoms with E-state index in [1.165, 1.54) is 7.11 Å². The summed E-state index contributed by atoms with van der Waals surface area (Å²) < 4.78 is 10.6. The van der Waals surface area contributed by atoms with Gasteiger partial charge in [-0.15, -0.1) is 0 Å². The number of nitrogens with zero attached hydrogens (tertiary/aromatic N) is 1. The molecule has 0 saturated heterocycles. The van der Waals surface area contributed by atoms with Gasteiger partial charge < -0.3 is 14.4 Å². The zero-order chi connectivity index (χ0) is 21.5. The molecule has 30 heavy (non-hydrogen) atoms. The molecule has 0 spiro atoms. The number of hydrogen-bond donors (Lipinski definition) is 0. The lowest BCUT2D eigenvalue weighted by Crippen LogP contribution is -2.30. The molecule has 3 aromatic carbocycles. The molecule has 3 aromatic rings. The average Bonchev–Trinajstić information content (AvgIpc) is 2.79. The highest BCUT2D eigenvalue weighted by Gasteiger charge is 2.15. The number of ether oxygens (including phenoxy) is 2. The second-order valence-electron chi connectivity index (χ2n) is 6.90. The van der Waals surface area contributed by atoms with E-state index in [1.54, 1.807) is 41.3 Å². The van der Waals surface area contributed by atoms with Crippen molar-refractivity contribution in [2.75, 3.05) is 13.7 Å². The Kier molecular flexibility index (Phi) is 6.86. The Morgan fingerprint density at radius 2 is 1.50 bits per heavy atom. The molecule has 0 heterocycles. The largest absolute Gasteiger partial charge is 0.465 e. The van der Waals surface area contributed by atoms with E-state index < -0.39 is 0 Å². The summed E-state index contributed by atoms with van der Waals surface area (Å²) in [6, 6.07) is 22.0. The Balaban J connectivity index is 1.68. The second-order valence-corrected chi connectivity index (χ2v) is 6.90. The number of carbonyl (C=O) groups excluding carboxylic acids is 2. The Bertz CT molecular complexity index is 1010. The van der Waals surface area contributed by atoms with Crippen LogP contribution in [0.15, 0.2) is 72.8 Å². The molecule has 0 radical (unpaired) electrons. The van der Waals surface area contributed by atoms with Crippen LogP contribution < -0.4 is 4.74 Å². The van der Waals surface area contributed by atoms with E-state index in [1.807, 2.05) is 50.2 Å². The van der Waals surface area contributed by atoms with Crippen LogP contribution in [0.5, 0.6) is 11.5 Å². The van der Waals surface area contributed by atoms with Crippen LogP contribution in [0.3, 0.4) is 0 Å². The molecule has 0 atom stereocenters. The van der Waals surface area contributed by atoms with Gasteiger partial charge in [0.15, 0.2) is 0 Å². The van der Waals surface area contributed by atoms with Gasteiger partial charge in [0.1, 0.15) is 11.5 Å². The SMILES string of the molecule is CCN(Cc1ccc(C(=O)OC)cc1)C(=O)c1ccc(Oc2ccccc2C)cc1. The maximum absolute atomic E-state index is 12.9. The molecule has 0 aliphatic carbocycles. The maximum Gasteiger partial charge on any atom is 0.337 e. The van der Waals surface area contributed by atoms with Crippen molar-refractivity contribution in [3.8, 4) is 11.5 Å². The van der Waals surface area contributed by atoms with Gasteiger partial charge in [0.05, 0.1) is 12.7 Å². The van der Waals surface area contributed by atoms with Crippen molar-refractivity contribution in [1.82, 2.24) is 4.90 Å². The van der Waals surface area contributed by atoms with Crippen molar-refractivity contribution in [1.29, 1.82) is 0 Å². The molecule has 0 N–H and O–H groups in total. The minimum atomic E-state index is -0.377. The predicted octanol–water partition coefficient (Wildman–Crippen LogP) is 5.24. The Morgan fingerprint density at radius 3 is 2.10 bits per heavy atom. The number of para-hydroxylation sites is 1. The number of methoxy groups -OCH3 is 1. The van der Waals surface area contributed by atoms with Gasteiger partial charge in [0, 0.05) is 18.7 Å². The lowest BCUT2D eigenvalue weighted by Gasteiger charge is -2.21. The first kappa shape index (κ1) is 21.1. The lowest BCUT2D eigenvalue weighted by atomic mass is 10.1. The molecule has 0 fully saturated rings. The van der Waals surface area contributed by atoms with Gasteiger partial charge in [0.2, 0.25) is 0 Å². The molecule has 0 aliphatic rings. The van der Waals surface area contributed by atoms with Crippen molar-refractivity contribution in [2.24, 2.45) is 0 Å². The minimum absolute atomic E-state index is 0.0583. The van der Waals surface area contributed by atoms with Crippen LogP contribution in [0, 0.1) is 6.92 Å². The summed E-state index contributed by atoms with van der Waals surface area (Å²) >= 11 is 0. The quantitative estimate of drug-likeness (QED) is 0.507. The number of esters is 1. The van der Waals surface area contributed by atoms with Gasteiger partial charge in [-0.3, -0.25) is 4.79 Å². The summed E-state index contributed by atoms with van der Waals surface area (Å²) in [5.74, 6) is 1.04. The maximum atomic E-state index is 12.9. The van der Waals surface area contributed by atoms with E-state index in [0.29, 0.717) is 30.0 Å². The van der Waals surface area contributed by atoms with Crippen molar-refractivity contribution in [2.45, 2.75) is 20.4 Å². The third-order valence-corrected chi connectivity index (χ3v) is 4.84. The summed E-state index contributed by atoms with van der Waals surface area (Å²) in [6.07, 6.45) is 0.